The minimum Gasteiger partial charge on any atom is -0.292 e. The molecule has 0 aromatic carbocycles. The van der Waals surface area contributed by atoms with Crippen molar-refractivity contribution in [2.75, 3.05) is 6.67 Å². The number of halogens is 1. The first-order chi connectivity index (χ1) is 11.0. The van der Waals surface area contributed by atoms with E-state index in [1.807, 2.05) is 19.9 Å². The van der Waals surface area contributed by atoms with E-state index in [9.17, 15) is 4.39 Å². The quantitative estimate of drug-likeness (QED) is 0.773. The summed E-state index contributed by atoms with van der Waals surface area (Å²) in [7, 11) is 0. The molecule has 0 radical (unpaired) electrons. The van der Waals surface area contributed by atoms with Gasteiger partial charge < -0.3 is 0 Å². The summed E-state index contributed by atoms with van der Waals surface area (Å²) in [6.07, 6.45) is 4.53. The third-order valence-corrected chi connectivity index (χ3v) is 4.37. The molecule has 0 saturated heterocycles. The fraction of sp³-hybridized carbons (Fsp3) is 0.235. The van der Waals surface area contributed by atoms with Crippen LogP contribution in [0.25, 0.3) is 0 Å². The van der Waals surface area contributed by atoms with Crippen LogP contribution in [0.15, 0.2) is 47.2 Å². The van der Waals surface area contributed by atoms with Gasteiger partial charge in [-0.2, -0.15) is 0 Å². The van der Waals surface area contributed by atoms with E-state index in [0.29, 0.717) is 6.67 Å². The molecule has 120 valence electrons. The van der Waals surface area contributed by atoms with Gasteiger partial charge in [-0.1, -0.05) is 6.58 Å². The smallest absolute Gasteiger partial charge is 0.141 e. The fourth-order valence-electron chi connectivity index (χ4n) is 2.08. The second-order valence-electron chi connectivity index (χ2n) is 5.00. The minimum atomic E-state index is -0.345. The number of rotatable bonds is 7. The first-order valence-electron chi connectivity index (χ1n) is 7.13. The number of nitrogens with one attached hydrogen (secondary N) is 1. The van der Waals surface area contributed by atoms with E-state index >= 15 is 0 Å². The van der Waals surface area contributed by atoms with E-state index in [2.05, 4.69) is 33.6 Å². The van der Waals surface area contributed by atoms with Crippen molar-refractivity contribution in [3.05, 3.63) is 58.3 Å². The average Bonchev–Trinajstić information content (AvgIpc) is 2.92. The summed E-state index contributed by atoms with van der Waals surface area (Å²) >= 11 is 1.61. The summed E-state index contributed by atoms with van der Waals surface area (Å²) in [4.78, 5) is 14.5. The number of aromatic nitrogens is 1. The van der Waals surface area contributed by atoms with Gasteiger partial charge >= 0.3 is 0 Å². The molecular formula is C17H19FN4S. The highest BCUT2D eigenvalue weighted by Crippen LogP contribution is 2.29. The molecule has 0 bridgehead atoms. The molecule has 0 fully saturated rings. The number of hydrogen-bond acceptors (Lipinski definition) is 5. The van der Waals surface area contributed by atoms with Gasteiger partial charge in [0.15, 0.2) is 0 Å². The van der Waals surface area contributed by atoms with Crippen LogP contribution in [-0.2, 0) is 0 Å². The Morgan fingerprint density at radius 1 is 1.48 bits per heavy atom. The maximum Gasteiger partial charge on any atom is 0.141 e. The number of hydrogen-bond donors (Lipinski definition) is 1. The molecule has 2 aromatic heterocycles. The van der Waals surface area contributed by atoms with Gasteiger partial charge in [-0.05, 0) is 44.3 Å². The number of thiophene rings is 1. The zero-order valence-electron chi connectivity index (χ0n) is 13.2. The molecule has 2 rings (SSSR count). The molecule has 4 nitrogen and oxygen atoms in total. The van der Waals surface area contributed by atoms with E-state index in [4.69, 9.17) is 0 Å². The molecule has 0 saturated carbocycles. The molecule has 0 aliphatic carbocycles. The Kier molecular flexibility index (Phi) is 5.90. The fourth-order valence-corrected chi connectivity index (χ4v) is 3.05. The van der Waals surface area contributed by atoms with Gasteiger partial charge in [-0.3, -0.25) is 20.3 Å². The molecule has 0 aliphatic heterocycles. The number of aliphatic imine (C=N–C) groups is 2. The van der Waals surface area contributed by atoms with E-state index in [1.165, 1.54) is 12.3 Å². The summed E-state index contributed by atoms with van der Waals surface area (Å²) in [6, 6.07) is 3.38. The third-order valence-electron chi connectivity index (χ3n) is 3.30. The zero-order chi connectivity index (χ0) is 16.8. The maximum absolute atomic E-state index is 13.2. The Morgan fingerprint density at radius 3 is 2.91 bits per heavy atom. The first kappa shape index (κ1) is 17.2. The van der Waals surface area contributed by atoms with E-state index in [0.717, 1.165) is 26.7 Å². The first-order valence-corrected chi connectivity index (χ1v) is 7.95. The van der Waals surface area contributed by atoms with Crippen molar-refractivity contribution in [2.24, 2.45) is 9.98 Å². The molecule has 23 heavy (non-hydrogen) atoms. The van der Waals surface area contributed by atoms with Crippen molar-refractivity contribution in [2.45, 2.75) is 19.9 Å². The largest absolute Gasteiger partial charge is 0.292 e. The molecule has 6 heteroatoms. The van der Waals surface area contributed by atoms with Crippen LogP contribution in [0.4, 0.5) is 10.1 Å². The highest BCUT2D eigenvalue weighted by atomic mass is 32.1. The highest BCUT2D eigenvalue weighted by Gasteiger charge is 2.10. The molecule has 2 aromatic rings. The lowest BCUT2D eigenvalue weighted by molar-refractivity contribution is 0.572. The monoisotopic (exact) mass is 330 g/mol. The molecular weight excluding hydrogens is 311 g/mol. The van der Waals surface area contributed by atoms with Crippen LogP contribution < -0.4 is 5.32 Å². The second kappa shape index (κ2) is 7.89. The zero-order valence-corrected chi connectivity index (χ0v) is 14.0. The molecule has 2 heterocycles. The normalized spacial score (nSPS) is 12.9. The van der Waals surface area contributed by atoms with E-state index < -0.39 is 0 Å². The summed E-state index contributed by atoms with van der Waals surface area (Å²) in [6.45, 7) is 11.7. The Bertz CT molecular complexity index is 736. The van der Waals surface area contributed by atoms with E-state index in [-0.39, 0.29) is 11.9 Å². The Hall–Kier alpha value is -2.18. The van der Waals surface area contributed by atoms with Crippen molar-refractivity contribution in [3.63, 3.8) is 0 Å². The summed E-state index contributed by atoms with van der Waals surface area (Å²) < 4.78 is 13.2. The highest BCUT2D eigenvalue weighted by molar-refractivity contribution is 7.14. The lowest BCUT2D eigenvalue weighted by atomic mass is 10.1. The van der Waals surface area contributed by atoms with Crippen molar-refractivity contribution >= 4 is 29.5 Å². The molecule has 1 N–H and O–H groups in total. The molecule has 1 unspecified atom stereocenters. The average molecular weight is 330 g/mol. The van der Waals surface area contributed by atoms with Gasteiger partial charge in [0.1, 0.15) is 5.82 Å². The van der Waals surface area contributed by atoms with Gasteiger partial charge in [-0.25, -0.2) is 4.39 Å². The Labute approximate surface area is 139 Å². The molecule has 0 aliphatic rings. The Balaban J connectivity index is 2.08. The standard InChI is InChI=1S/C17H19FN4S/c1-5-15(17-16(19-4)6-11(2)23-17)22-10-21-12(3)13-7-14(18)9-20-8-13/h5-9,12,21H,1,4,10H2,2-3H3/b22-15-. The van der Waals surface area contributed by atoms with Gasteiger partial charge in [0.05, 0.1) is 29.1 Å². The number of allylic oxidation sites excluding steroid dienone is 1. The van der Waals surface area contributed by atoms with Crippen molar-refractivity contribution in [1.82, 2.24) is 10.3 Å². The SMILES string of the molecule is C=C/C(=N/CNC(C)c1cncc(F)c1)c1sc(C)cc1N=C. The van der Waals surface area contributed by atoms with Crippen molar-refractivity contribution in [1.29, 1.82) is 0 Å². The predicted octanol–water partition coefficient (Wildman–Crippen LogP) is 4.21. The van der Waals surface area contributed by atoms with Crippen LogP contribution in [0.2, 0.25) is 0 Å². The van der Waals surface area contributed by atoms with Gasteiger partial charge in [0.25, 0.3) is 0 Å². The molecule has 0 amide bonds. The molecule has 1 atom stereocenters. The number of pyridine rings is 1. The number of aryl methyl sites for hydroxylation is 1. The van der Waals surface area contributed by atoms with Crippen LogP contribution in [0.1, 0.15) is 28.3 Å². The topological polar surface area (TPSA) is 49.6 Å². The number of nitrogens with zero attached hydrogens (tertiary/aromatic N) is 3. The van der Waals surface area contributed by atoms with Gasteiger partial charge in [0, 0.05) is 17.1 Å². The maximum atomic E-state index is 13.2. The summed E-state index contributed by atoms with van der Waals surface area (Å²) in [5.41, 5.74) is 2.36. The predicted molar refractivity (Wildman–Crippen MR) is 95.6 cm³/mol. The second-order valence-corrected chi connectivity index (χ2v) is 6.25. The lowest BCUT2D eigenvalue weighted by Gasteiger charge is -2.12. The third kappa shape index (κ3) is 4.40. The van der Waals surface area contributed by atoms with Crippen LogP contribution in [-0.4, -0.2) is 24.1 Å². The summed E-state index contributed by atoms with van der Waals surface area (Å²) in [5.74, 6) is -0.345. The van der Waals surface area contributed by atoms with Crippen LogP contribution in [0.5, 0.6) is 0 Å². The molecule has 0 spiro atoms. The van der Waals surface area contributed by atoms with Crippen LogP contribution in [0.3, 0.4) is 0 Å². The van der Waals surface area contributed by atoms with Gasteiger partial charge in [0.2, 0.25) is 0 Å². The van der Waals surface area contributed by atoms with Crippen molar-refractivity contribution < 1.29 is 4.39 Å². The van der Waals surface area contributed by atoms with Gasteiger partial charge in [-0.15, -0.1) is 11.3 Å². The van der Waals surface area contributed by atoms with E-state index in [1.54, 1.807) is 23.6 Å². The lowest BCUT2D eigenvalue weighted by Crippen LogP contribution is -2.19. The van der Waals surface area contributed by atoms with Crippen LogP contribution >= 0.6 is 11.3 Å². The van der Waals surface area contributed by atoms with Crippen LogP contribution in [0, 0.1) is 12.7 Å². The van der Waals surface area contributed by atoms with Crippen molar-refractivity contribution in [3.8, 4) is 0 Å². The Morgan fingerprint density at radius 2 is 2.26 bits per heavy atom. The minimum absolute atomic E-state index is 0.0601. The summed E-state index contributed by atoms with van der Waals surface area (Å²) in [5, 5.41) is 3.22.